The fourth-order valence-corrected chi connectivity index (χ4v) is 2.90. The van der Waals surface area contributed by atoms with Gasteiger partial charge in [-0.05, 0) is 42.2 Å². The van der Waals surface area contributed by atoms with E-state index in [4.69, 9.17) is 0 Å². The van der Waals surface area contributed by atoms with Crippen LogP contribution in [-0.2, 0) is 5.41 Å². The average molecular weight is 404 g/mol. The van der Waals surface area contributed by atoms with E-state index < -0.39 is 17.2 Å². The maximum atomic E-state index is 12.5. The normalized spacial score (nSPS) is 11.1. The van der Waals surface area contributed by atoms with Gasteiger partial charge in [-0.2, -0.15) is 5.10 Å². The highest BCUT2D eigenvalue weighted by Gasteiger charge is 2.17. The smallest absolute Gasteiger partial charge is 0.287 e. The van der Waals surface area contributed by atoms with Gasteiger partial charge in [0.2, 0.25) is 5.43 Å². The lowest BCUT2D eigenvalue weighted by molar-refractivity contribution is 0.0842. The Bertz CT molecular complexity index is 1130. The van der Waals surface area contributed by atoms with Crippen molar-refractivity contribution in [1.82, 2.24) is 20.6 Å². The van der Waals surface area contributed by atoms with E-state index in [1.165, 1.54) is 10.7 Å². The topological polar surface area (TPSA) is 93.1 Å². The van der Waals surface area contributed by atoms with Gasteiger partial charge in [0, 0.05) is 17.3 Å². The average Bonchev–Trinajstić information content (AvgIpc) is 2.72. The van der Waals surface area contributed by atoms with Crippen molar-refractivity contribution in [2.75, 3.05) is 0 Å². The highest BCUT2D eigenvalue weighted by atomic mass is 16.2. The maximum Gasteiger partial charge on any atom is 0.294 e. The van der Waals surface area contributed by atoms with E-state index in [9.17, 15) is 14.4 Å². The van der Waals surface area contributed by atoms with Crippen LogP contribution < -0.4 is 16.3 Å². The Morgan fingerprint density at radius 3 is 2.10 bits per heavy atom. The van der Waals surface area contributed by atoms with Gasteiger partial charge >= 0.3 is 0 Å². The molecule has 0 saturated carbocycles. The summed E-state index contributed by atoms with van der Waals surface area (Å²) < 4.78 is 1.50. The fourth-order valence-electron chi connectivity index (χ4n) is 2.90. The third kappa shape index (κ3) is 4.63. The van der Waals surface area contributed by atoms with Gasteiger partial charge in [-0.25, -0.2) is 4.68 Å². The summed E-state index contributed by atoms with van der Waals surface area (Å²) in [6.45, 7) is 7.98. The molecule has 3 rings (SSSR count). The molecule has 1 aromatic heterocycles. The molecule has 0 unspecified atom stereocenters. The van der Waals surface area contributed by atoms with E-state index in [1.54, 1.807) is 19.1 Å². The van der Waals surface area contributed by atoms with Gasteiger partial charge in [0.25, 0.3) is 11.8 Å². The zero-order valence-corrected chi connectivity index (χ0v) is 17.4. The molecule has 2 aromatic carbocycles. The number of aryl methyl sites for hydroxylation is 1. The molecular formula is C23H24N4O3. The standard InChI is InChI=1S/C23H24N4O3/c1-15-14-19(28)20(26-27(15)18-8-6-5-7-9-18)22(30)25-24-21(29)16-10-12-17(13-11-16)23(2,3)4/h5-14H,1-4H3,(H,24,29)(H,25,30). The summed E-state index contributed by atoms with van der Waals surface area (Å²) in [7, 11) is 0. The lowest BCUT2D eigenvalue weighted by Crippen LogP contribution is -2.44. The van der Waals surface area contributed by atoms with E-state index >= 15 is 0 Å². The van der Waals surface area contributed by atoms with Crippen molar-refractivity contribution in [3.63, 3.8) is 0 Å². The predicted molar refractivity (Wildman–Crippen MR) is 115 cm³/mol. The fraction of sp³-hybridized carbons (Fsp3) is 0.217. The number of benzene rings is 2. The van der Waals surface area contributed by atoms with Crippen LogP contribution >= 0.6 is 0 Å². The molecule has 0 spiro atoms. The van der Waals surface area contributed by atoms with Crippen LogP contribution in [0.4, 0.5) is 0 Å². The van der Waals surface area contributed by atoms with Crippen LogP contribution in [0.3, 0.4) is 0 Å². The quantitative estimate of drug-likeness (QED) is 0.657. The van der Waals surface area contributed by atoms with Crippen LogP contribution in [0.15, 0.2) is 65.5 Å². The Labute approximate surface area is 174 Å². The second-order valence-electron chi connectivity index (χ2n) is 7.98. The molecule has 0 radical (unpaired) electrons. The lowest BCUT2D eigenvalue weighted by atomic mass is 9.87. The minimum absolute atomic E-state index is 0.0288. The van der Waals surface area contributed by atoms with Crippen molar-refractivity contribution < 1.29 is 9.59 Å². The van der Waals surface area contributed by atoms with Gasteiger partial charge in [-0.1, -0.05) is 51.1 Å². The number of carbonyl (C=O) groups excluding carboxylic acids is 2. The predicted octanol–water partition coefficient (Wildman–Crippen LogP) is 2.91. The molecule has 0 aliphatic heterocycles. The van der Waals surface area contributed by atoms with E-state index in [-0.39, 0.29) is 11.1 Å². The molecular weight excluding hydrogens is 380 g/mol. The highest BCUT2D eigenvalue weighted by Crippen LogP contribution is 2.22. The zero-order valence-electron chi connectivity index (χ0n) is 17.4. The third-order valence-electron chi connectivity index (χ3n) is 4.63. The number of hydrazine groups is 1. The van der Waals surface area contributed by atoms with Gasteiger partial charge in [0.1, 0.15) is 0 Å². The molecule has 3 aromatic rings. The number of rotatable bonds is 3. The molecule has 0 aliphatic carbocycles. The van der Waals surface area contributed by atoms with Crippen molar-refractivity contribution in [1.29, 1.82) is 0 Å². The molecule has 0 atom stereocenters. The van der Waals surface area contributed by atoms with Crippen molar-refractivity contribution in [3.05, 3.63) is 93.4 Å². The van der Waals surface area contributed by atoms with Crippen LogP contribution in [0, 0.1) is 6.92 Å². The summed E-state index contributed by atoms with van der Waals surface area (Å²) in [5.74, 6) is -1.27. The van der Waals surface area contributed by atoms with Crippen molar-refractivity contribution in [3.8, 4) is 5.69 Å². The molecule has 154 valence electrons. The summed E-state index contributed by atoms with van der Waals surface area (Å²) >= 11 is 0. The van der Waals surface area contributed by atoms with E-state index in [2.05, 4.69) is 36.7 Å². The number of nitrogens with one attached hydrogen (secondary N) is 2. The molecule has 0 bridgehead atoms. The monoisotopic (exact) mass is 404 g/mol. The third-order valence-corrected chi connectivity index (χ3v) is 4.63. The molecule has 0 fully saturated rings. The van der Waals surface area contributed by atoms with Crippen LogP contribution in [0.2, 0.25) is 0 Å². The first-order valence-corrected chi connectivity index (χ1v) is 9.54. The minimum atomic E-state index is -0.788. The van der Waals surface area contributed by atoms with Crippen molar-refractivity contribution in [2.24, 2.45) is 0 Å². The molecule has 7 nitrogen and oxygen atoms in total. The van der Waals surface area contributed by atoms with Gasteiger partial charge in [-0.15, -0.1) is 0 Å². The Morgan fingerprint density at radius 2 is 1.50 bits per heavy atom. The molecule has 0 aliphatic rings. The second kappa shape index (κ2) is 8.32. The van der Waals surface area contributed by atoms with Crippen LogP contribution in [-0.4, -0.2) is 21.6 Å². The number of hydrogen-bond donors (Lipinski definition) is 2. The van der Waals surface area contributed by atoms with Crippen molar-refractivity contribution >= 4 is 11.8 Å². The van der Waals surface area contributed by atoms with Crippen molar-refractivity contribution in [2.45, 2.75) is 33.1 Å². The minimum Gasteiger partial charge on any atom is -0.287 e. The molecule has 7 heteroatoms. The first kappa shape index (κ1) is 21.0. The molecule has 2 N–H and O–H groups in total. The zero-order chi connectivity index (χ0) is 21.9. The number of nitrogens with zero attached hydrogens (tertiary/aromatic N) is 2. The van der Waals surface area contributed by atoms with Gasteiger partial charge in [0.15, 0.2) is 5.69 Å². The summed E-state index contributed by atoms with van der Waals surface area (Å²) in [6, 6.07) is 17.6. The summed E-state index contributed by atoms with van der Waals surface area (Å²) in [6.07, 6.45) is 0. The number of hydrogen-bond acceptors (Lipinski definition) is 4. The molecule has 30 heavy (non-hydrogen) atoms. The van der Waals surface area contributed by atoms with E-state index in [0.29, 0.717) is 16.9 Å². The highest BCUT2D eigenvalue weighted by molar-refractivity contribution is 5.98. The van der Waals surface area contributed by atoms with E-state index in [1.807, 2.05) is 42.5 Å². The van der Waals surface area contributed by atoms with E-state index in [0.717, 1.165) is 5.56 Å². The Morgan fingerprint density at radius 1 is 0.900 bits per heavy atom. The summed E-state index contributed by atoms with van der Waals surface area (Å²) in [4.78, 5) is 37.1. The molecule has 2 amide bonds. The number of carbonyl (C=O) groups is 2. The van der Waals surface area contributed by atoms with Crippen LogP contribution in [0.25, 0.3) is 5.69 Å². The summed E-state index contributed by atoms with van der Waals surface area (Å²) in [5.41, 5.74) is 6.51. The van der Waals surface area contributed by atoms with Gasteiger partial charge < -0.3 is 0 Å². The van der Waals surface area contributed by atoms with Gasteiger partial charge in [0.05, 0.1) is 5.69 Å². The Balaban J connectivity index is 1.75. The molecule has 0 saturated heterocycles. The van der Waals surface area contributed by atoms with Crippen LogP contribution in [0.5, 0.6) is 0 Å². The largest absolute Gasteiger partial charge is 0.294 e. The van der Waals surface area contributed by atoms with Gasteiger partial charge in [-0.3, -0.25) is 25.2 Å². The number of amides is 2. The Kier molecular flexibility index (Phi) is 5.82. The lowest BCUT2D eigenvalue weighted by Gasteiger charge is -2.19. The number of para-hydroxylation sites is 1. The Hall–Kier alpha value is -3.74. The first-order valence-electron chi connectivity index (χ1n) is 9.54. The second-order valence-corrected chi connectivity index (χ2v) is 7.98. The maximum absolute atomic E-state index is 12.5. The molecule has 1 heterocycles. The number of aromatic nitrogens is 2. The SMILES string of the molecule is Cc1cc(=O)c(C(=O)NNC(=O)c2ccc(C(C)(C)C)cc2)nn1-c1ccccc1. The summed E-state index contributed by atoms with van der Waals surface area (Å²) in [5, 5.41) is 4.17. The first-order chi connectivity index (χ1) is 14.2. The van der Waals surface area contributed by atoms with Crippen LogP contribution in [0.1, 0.15) is 52.9 Å².